The van der Waals surface area contributed by atoms with E-state index >= 15 is 0 Å². The van der Waals surface area contributed by atoms with E-state index in [9.17, 15) is 0 Å². The molecule has 0 amide bonds. The van der Waals surface area contributed by atoms with E-state index < -0.39 is 228 Å². The van der Waals surface area contributed by atoms with Crippen molar-refractivity contribution in [1.82, 2.24) is 0 Å². The van der Waals surface area contributed by atoms with Crippen molar-refractivity contribution in [3.8, 4) is 0 Å². The monoisotopic (exact) mass is 2120 g/mol. The summed E-state index contributed by atoms with van der Waals surface area (Å²) in [6.07, 6.45) is 2.87. The maximum absolute atomic E-state index is 7.46. The van der Waals surface area contributed by atoms with Gasteiger partial charge < -0.3 is 86.4 Å². The molecule has 0 aromatic heterocycles. The molecule has 0 aliphatic carbocycles. The molecule has 0 aliphatic rings. The minimum atomic E-state index is -3.63. The molecule has 48 heteroatoms. The second-order valence-electron chi connectivity index (χ2n) is 50.5. The SMILES string of the molecule is C[Si](C)(C)O[Si](C)(C)CCC[Si](O[Si](C)(C)C)(O[Si](C)(C)C)O[Si](C)(C)C.C[Si](C)(C)O[Si](C)(C)O[Si](C)(C)O[Si](C)(C)O[Si](C)(C)O[Si](C)(C)O[Si](C)(C)O[Si](C)(C)C.C[Si](C)(C)O[Si](CCC[Si](C)(C)O[Si](O[Si](C)(C)C)(O[Si](C)(C)C)O[Si](C)(C)CCC[Si](O[Si](C)(C)C)(O[Si](C)(C)C)O[Si](C)(C)C)(O[Si](C)(C)C)O[Si](C)(C)C. The summed E-state index contributed by atoms with van der Waals surface area (Å²) in [5, 5.41) is 0. The zero-order valence-electron chi connectivity index (χ0n) is 88.4. The summed E-state index contributed by atoms with van der Waals surface area (Å²) in [5.74, 6) is 0. The standard InChI is InChI=1S/C34H96O10Si13.C18H54O7Si8.C17H48O4Si6/c1-45(2,3)35-55(36-46(4,5)6,37-47(7,8)9)33-29-31-53(25,26)43-57(41-51(19,20)21,42-52(22,23)24)44-54(27,28)32-30-34-56(38-48(10,11)12,39-49(13,14)15)40-50(16,17)18;1-26(2,3)19-28(7,8)21-30(11,12)23-32(15,16)25-33(17,18)24-31(13,14)22-29(9,10)20-27(4,5)6;1-22(2,3)18-26(13,14)16-15-17-27(19-23(4,5)6,20-24(7,8)9)21-25(10,11)12/h29-34H2,1-28H3;1-18H3;15-17H2,1-14H3. The summed E-state index contributed by atoms with van der Waals surface area (Å²) < 4.78 is 144. The third-order valence-corrected chi connectivity index (χ3v) is 101. The first kappa shape index (κ1) is 126. The Bertz CT molecular complexity index is 2630. The van der Waals surface area contributed by atoms with Gasteiger partial charge in [-0.15, -0.1) is 0 Å². The Hall–Kier alpha value is 5.02. The highest BCUT2D eigenvalue weighted by Crippen LogP contribution is 2.40. The molecule has 21 nitrogen and oxygen atoms in total. The van der Waals surface area contributed by atoms with Gasteiger partial charge in [0.2, 0.25) is 0 Å². The van der Waals surface area contributed by atoms with Gasteiger partial charge in [0.05, 0.1) is 0 Å². The molecule has 117 heavy (non-hydrogen) atoms. The van der Waals surface area contributed by atoms with E-state index in [0.29, 0.717) is 0 Å². The largest absolute Gasteiger partial charge is 0.636 e. The quantitative estimate of drug-likeness (QED) is 0.0521. The number of hydrogen-bond donors (Lipinski definition) is 0. The first-order valence-electron chi connectivity index (χ1n) is 43.7. The Morgan fingerprint density at radius 1 is 0.111 bits per heavy atom. The van der Waals surface area contributed by atoms with E-state index in [1.54, 1.807) is 0 Å². The third kappa shape index (κ3) is 71.3. The fraction of sp³-hybridized carbons (Fsp3) is 1.00. The van der Waals surface area contributed by atoms with Crippen LogP contribution in [0.2, 0.25) is 429 Å². The fourth-order valence-electron chi connectivity index (χ4n) is 14.1. The van der Waals surface area contributed by atoms with Gasteiger partial charge in [0.1, 0.15) is 0 Å². The van der Waals surface area contributed by atoms with Crippen molar-refractivity contribution in [2.45, 2.75) is 448 Å². The van der Waals surface area contributed by atoms with Gasteiger partial charge in [0.25, 0.3) is 0 Å². The highest BCUT2D eigenvalue weighted by molar-refractivity contribution is 6.97. The molecular weight excluding hydrogens is 1920 g/mol. The lowest BCUT2D eigenvalue weighted by molar-refractivity contribution is 0.147. The molecule has 708 valence electrons. The average Bonchev–Trinajstić information content (AvgIpc) is 0.815. The van der Waals surface area contributed by atoms with Gasteiger partial charge in [0, 0.05) is 18.1 Å². The van der Waals surface area contributed by atoms with Gasteiger partial charge >= 0.3 is 86.8 Å². The molecule has 0 aromatic carbocycles. The summed E-state index contributed by atoms with van der Waals surface area (Å²) >= 11 is 0. The lowest BCUT2D eigenvalue weighted by atomic mass is 10.6. The molecular formula is C69H198O21Si27. The highest BCUT2D eigenvalue weighted by atomic mass is 28.6. The number of rotatable bonds is 54. The summed E-state index contributed by atoms with van der Waals surface area (Å²) in [4.78, 5) is 0. The molecule has 0 atom stereocenters. The molecule has 0 unspecified atom stereocenters. The highest BCUT2D eigenvalue weighted by Gasteiger charge is 2.60. The Labute approximate surface area is 755 Å². The van der Waals surface area contributed by atoms with Crippen molar-refractivity contribution < 1.29 is 86.4 Å². The van der Waals surface area contributed by atoms with E-state index in [4.69, 9.17) is 86.4 Å². The zero-order chi connectivity index (χ0) is 94.7. The maximum Gasteiger partial charge on any atom is 0.636 e. The Balaban J connectivity index is -0.00000183. The summed E-state index contributed by atoms with van der Waals surface area (Å²) in [7, 11) is -60.0. The zero-order valence-corrected chi connectivity index (χ0v) is 115. The molecule has 0 aliphatic heterocycles. The van der Waals surface area contributed by atoms with Crippen LogP contribution < -0.4 is 0 Å². The number of hydrogen-bond acceptors (Lipinski definition) is 21. The van der Waals surface area contributed by atoms with E-state index in [0.717, 1.165) is 55.5 Å². The van der Waals surface area contributed by atoms with Crippen LogP contribution in [0.5, 0.6) is 0 Å². The average molecular weight is 2120 g/mol. The molecule has 0 fully saturated rings. The molecule has 0 rings (SSSR count). The molecule has 0 aromatic rings. The minimum Gasteiger partial charge on any atom is -0.456 e. The normalized spacial score (nSPS) is 15.7. The lowest BCUT2D eigenvalue weighted by Gasteiger charge is -2.46. The maximum atomic E-state index is 7.46. The molecule has 0 saturated heterocycles. The van der Waals surface area contributed by atoms with Gasteiger partial charge in [-0.2, -0.15) is 0 Å². The van der Waals surface area contributed by atoms with Crippen LogP contribution in [0.3, 0.4) is 0 Å². The van der Waals surface area contributed by atoms with Crippen molar-refractivity contribution in [3.63, 3.8) is 0 Å². The van der Waals surface area contributed by atoms with E-state index in [2.05, 4.69) is 393 Å². The van der Waals surface area contributed by atoms with Crippen molar-refractivity contribution in [1.29, 1.82) is 0 Å². The fourth-order valence-corrected chi connectivity index (χ4v) is 123. The van der Waals surface area contributed by atoms with Gasteiger partial charge in [-0.3, -0.25) is 0 Å². The predicted octanol–water partition coefficient (Wildman–Crippen LogP) is 27.2. The van der Waals surface area contributed by atoms with Crippen LogP contribution in [-0.4, -0.2) is 228 Å². The van der Waals surface area contributed by atoms with Gasteiger partial charge in [-0.1, -0.05) is 0 Å². The second kappa shape index (κ2) is 44.9. The van der Waals surface area contributed by atoms with Crippen molar-refractivity contribution in [2.24, 2.45) is 0 Å². The van der Waals surface area contributed by atoms with E-state index in [1.807, 2.05) is 0 Å². The molecule has 0 spiro atoms. The van der Waals surface area contributed by atoms with Crippen LogP contribution in [0.1, 0.15) is 19.3 Å². The van der Waals surface area contributed by atoms with Crippen LogP contribution in [-0.2, 0) is 86.4 Å². The first-order chi connectivity index (χ1) is 50.0. The lowest BCUT2D eigenvalue weighted by Crippen LogP contribution is -2.66. The Morgan fingerprint density at radius 3 is 0.359 bits per heavy atom. The molecule has 0 N–H and O–H groups in total. The predicted molar refractivity (Wildman–Crippen MR) is 573 cm³/mol. The third-order valence-electron chi connectivity index (χ3n) is 13.7. The minimum absolute atomic E-state index is 0.787. The van der Waals surface area contributed by atoms with E-state index in [1.165, 1.54) is 0 Å². The summed E-state index contributed by atoms with van der Waals surface area (Å²) in [6, 6.07) is 5.44. The van der Waals surface area contributed by atoms with Crippen LogP contribution in [0.25, 0.3) is 0 Å². The van der Waals surface area contributed by atoms with Crippen molar-refractivity contribution in [3.05, 3.63) is 0 Å². The van der Waals surface area contributed by atoms with Crippen molar-refractivity contribution in [2.75, 3.05) is 0 Å². The molecule has 0 saturated carbocycles. The van der Waals surface area contributed by atoms with E-state index in [-0.39, 0.29) is 0 Å². The molecule has 0 heterocycles. The van der Waals surface area contributed by atoms with Gasteiger partial charge in [-0.25, -0.2) is 0 Å². The second-order valence-corrected chi connectivity index (χ2v) is 162. The van der Waals surface area contributed by atoms with Crippen LogP contribution in [0.15, 0.2) is 0 Å². The van der Waals surface area contributed by atoms with Gasteiger partial charge in [0.15, 0.2) is 141 Å². The Kier molecular flexibility index (Phi) is 48.4. The smallest absolute Gasteiger partial charge is 0.456 e. The topological polar surface area (TPSA) is 194 Å². The van der Waals surface area contributed by atoms with Crippen LogP contribution in [0, 0.1) is 0 Å². The van der Waals surface area contributed by atoms with Crippen LogP contribution >= 0.6 is 0 Å². The molecule has 0 radical (unpaired) electrons. The molecule has 0 bridgehead atoms. The van der Waals surface area contributed by atoms with Crippen molar-refractivity contribution >= 4 is 228 Å². The van der Waals surface area contributed by atoms with Gasteiger partial charge in [-0.05, 0) is 430 Å². The van der Waals surface area contributed by atoms with Crippen LogP contribution in [0.4, 0.5) is 0 Å². The Morgan fingerprint density at radius 2 is 0.231 bits per heavy atom. The summed E-state index contributed by atoms with van der Waals surface area (Å²) in [6.45, 7) is 133. The first-order valence-corrected chi connectivity index (χ1v) is 125. The summed E-state index contributed by atoms with van der Waals surface area (Å²) in [5.41, 5.74) is 0.